The van der Waals surface area contributed by atoms with E-state index in [0.29, 0.717) is 25.6 Å². The minimum atomic E-state index is -3.60. The van der Waals surface area contributed by atoms with Crippen molar-refractivity contribution in [1.82, 2.24) is 4.31 Å². The van der Waals surface area contributed by atoms with E-state index in [1.165, 1.54) is 16.4 Å². The summed E-state index contributed by atoms with van der Waals surface area (Å²) in [4.78, 5) is -0.000557. The zero-order valence-corrected chi connectivity index (χ0v) is 12.8. The molecular weight excluding hydrogens is 335 g/mol. The van der Waals surface area contributed by atoms with Crippen molar-refractivity contribution < 1.29 is 12.8 Å². The predicted octanol–water partition coefficient (Wildman–Crippen LogP) is 1.95. The topological polar surface area (TPSA) is 63.4 Å². The highest BCUT2D eigenvalue weighted by Crippen LogP contribution is 2.25. The summed E-state index contributed by atoms with van der Waals surface area (Å²) < 4.78 is 39.8. The van der Waals surface area contributed by atoms with Gasteiger partial charge in [-0.15, -0.1) is 0 Å². The molecule has 1 aromatic carbocycles. The average molecular weight is 351 g/mol. The molecule has 0 saturated carbocycles. The number of hydrogen-bond donors (Lipinski definition) is 1. The van der Waals surface area contributed by atoms with Gasteiger partial charge in [0.05, 0.1) is 9.37 Å². The van der Waals surface area contributed by atoms with Gasteiger partial charge in [0.1, 0.15) is 5.82 Å². The lowest BCUT2D eigenvalue weighted by Crippen LogP contribution is -2.40. The number of nitrogens with zero attached hydrogens (tertiary/aromatic N) is 1. The van der Waals surface area contributed by atoms with Crippen LogP contribution >= 0.6 is 15.9 Å². The minimum absolute atomic E-state index is 0.000557. The number of nitrogens with two attached hydrogens (primary N) is 1. The van der Waals surface area contributed by atoms with E-state index in [1.807, 2.05) is 0 Å². The van der Waals surface area contributed by atoms with Crippen LogP contribution in [0.25, 0.3) is 0 Å². The van der Waals surface area contributed by atoms with Gasteiger partial charge in [0.2, 0.25) is 10.0 Å². The Kier molecular flexibility index (Phi) is 4.60. The van der Waals surface area contributed by atoms with Crippen LogP contribution in [0.5, 0.6) is 0 Å². The van der Waals surface area contributed by atoms with Crippen molar-refractivity contribution in [2.45, 2.75) is 17.7 Å². The lowest BCUT2D eigenvalue weighted by atomic mass is 9.99. The normalized spacial score (nSPS) is 18.7. The van der Waals surface area contributed by atoms with Crippen LogP contribution in [-0.4, -0.2) is 32.4 Å². The van der Waals surface area contributed by atoms with Gasteiger partial charge in [-0.3, -0.25) is 0 Å². The first-order valence-corrected chi connectivity index (χ1v) is 8.33. The Balaban J connectivity index is 2.21. The molecule has 0 unspecified atom stereocenters. The Morgan fingerprint density at radius 3 is 2.53 bits per heavy atom. The van der Waals surface area contributed by atoms with Crippen molar-refractivity contribution in [2.24, 2.45) is 11.7 Å². The third-order valence-corrected chi connectivity index (χ3v) is 5.97. The number of rotatable bonds is 3. The smallest absolute Gasteiger partial charge is 0.243 e. The fourth-order valence-electron chi connectivity index (χ4n) is 2.17. The quantitative estimate of drug-likeness (QED) is 0.905. The largest absolute Gasteiger partial charge is 0.330 e. The molecule has 106 valence electrons. The average Bonchev–Trinajstić information content (AvgIpc) is 2.41. The predicted molar refractivity (Wildman–Crippen MR) is 74.6 cm³/mol. The van der Waals surface area contributed by atoms with Crippen LogP contribution in [0.4, 0.5) is 4.39 Å². The van der Waals surface area contributed by atoms with Gasteiger partial charge < -0.3 is 5.73 Å². The molecule has 2 rings (SSSR count). The SMILES string of the molecule is NCC1CCN(S(=O)(=O)c2ccc(Br)c(F)c2)CC1. The molecular formula is C12H16BrFN2O2S. The zero-order chi connectivity index (χ0) is 14.0. The summed E-state index contributed by atoms with van der Waals surface area (Å²) in [6.07, 6.45) is 1.52. The summed E-state index contributed by atoms with van der Waals surface area (Å²) in [6.45, 7) is 1.48. The number of hydrogen-bond acceptors (Lipinski definition) is 3. The van der Waals surface area contributed by atoms with Crippen molar-refractivity contribution >= 4 is 26.0 Å². The van der Waals surface area contributed by atoms with E-state index in [2.05, 4.69) is 15.9 Å². The molecule has 1 heterocycles. The Morgan fingerprint density at radius 1 is 1.37 bits per heavy atom. The molecule has 1 aliphatic heterocycles. The maximum atomic E-state index is 13.4. The molecule has 1 aliphatic rings. The third-order valence-electron chi connectivity index (χ3n) is 3.44. The van der Waals surface area contributed by atoms with Crippen LogP contribution in [0.15, 0.2) is 27.6 Å². The van der Waals surface area contributed by atoms with Crippen molar-refractivity contribution in [3.8, 4) is 0 Å². The molecule has 0 spiro atoms. The highest BCUT2D eigenvalue weighted by molar-refractivity contribution is 9.10. The number of halogens is 2. The van der Waals surface area contributed by atoms with Crippen LogP contribution in [0.1, 0.15) is 12.8 Å². The molecule has 0 atom stereocenters. The Bertz CT molecular complexity index is 557. The monoisotopic (exact) mass is 350 g/mol. The molecule has 19 heavy (non-hydrogen) atoms. The van der Waals surface area contributed by atoms with Crippen LogP contribution in [0.2, 0.25) is 0 Å². The molecule has 0 radical (unpaired) electrons. The highest BCUT2D eigenvalue weighted by Gasteiger charge is 2.29. The molecule has 0 amide bonds. The van der Waals surface area contributed by atoms with Gasteiger partial charge in [0, 0.05) is 13.1 Å². The van der Waals surface area contributed by atoms with Crippen molar-refractivity contribution in [1.29, 1.82) is 0 Å². The van der Waals surface area contributed by atoms with Gasteiger partial charge in [-0.2, -0.15) is 4.31 Å². The van der Waals surface area contributed by atoms with Gasteiger partial charge in [0.15, 0.2) is 0 Å². The van der Waals surface area contributed by atoms with E-state index >= 15 is 0 Å². The first-order valence-electron chi connectivity index (χ1n) is 6.10. The Hall–Kier alpha value is -0.500. The van der Waals surface area contributed by atoms with Crippen LogP contribution < -0.4 is 5.73 Å². The number of benzene rings is 1. The zero-order valence-electron chi connectivity index (χ0n) is 10.4. The second kappa shape index (κ2) is 5.87. The maximum Gasteiger partial charge on any atom is 0.243 e. The molecule has 0 aromatic heterocycles. The first-order chi connectivity index (χ1) is 8.95. The summed E-state index contributed by atoms with van der Waals surface area (Å²) in [5.74, 6) is -0.189. The van der Waals surface area contributed by atoms with Crippen LogP contribution in [0.3, 0.4) is 0 Å². The summed E-state index contributed by atoms with van der Waals surface area (Å²) in [6, 6.07) is 3.88. The van der Waals surface area contributed by atoms with Crippen LogP contribution in [0, 0.1) is 11.7 Å². The second-order valence-electron chi connectivity index (χ2n) is 4.66. The van der Waals surface area contributed by atoms with Crippen molar-refractivity contribution in [2.75, 3.05) is 19.6 Å². The van der Waals surface area contributed by atoms with E-state index in [1.54, 1.807) is 0 Å². The molecule has 1 saturated heterocycles. The first kappa shape index (κ1) is 14.9. The number of sulfonamides is 1. The van der Waals surface area contributed by atoms with Gasteiger partial charge in [-0.25, -0.2) is 12.8 Å². The highest BCUT2D eigenvalue weighted by atomic mass is 79.9. The third kappa shape index (κ3) is 3.16. The summed E-state index contributed by atoms with van der Waals surface area (Å²) >= 11 is 3.01. The van der Waals surface area contributed by atoms with Gasteiger partial charge in [0.25, 0.3) is 0 Å². The van der Waals surface area contributed by atoms with Gasteiger partial charge in [-0.1, -0.05) is 0 Å². The molecule has 0 aliphatic carbocycles. The standard InChI is InChI=1S/C12H16BrFN2O2S/c13-11-2-1-10(7-12(11)14)19(17,18)16-5-3-9(8-15)4-6-16/h1-2,7,9H,3-6,8,15H2. The molecule has 4 nitrogen and oxygen atoms in total. The van der Waals surface area contributed by atoms with Gasteiger partial charge in [-0.05, 0) is 59.4 Å². The Labute approximate surface area is 121 Å². The minimum Gasteiger partial charge on any atom is -0.330 e. The summed E-state index contributed by atoms with van der Waals surface area (Å²) in [5, 5.41) is 0. The second-order valence-corrected chi connectivity index (χ2v) is 7.45. The van der Waals surface area contributed by atoms with E-state index in [-0.39, 0.29) is 9.37 Å². The summed E-state index contributed by atoms with van der Waals surface area (Å²) in [5.41, 5.74) is 5.58. The van der Waals surface area contributed by atoms with E-state index in [4.69, 9.17) is 5.73 Å². The van der Waals surface area contributed by atoms with E-state index in [0.717, 1.165) is 18.9 Å². The van der Waals surface area contributed by atoms with Crippen molar-refractivity contribution in [3.63, 3.8) is 0 Å². The molecule has 2 N–H and O–H groups in total. The van der Waals surface area contributed by atoms with E-state index < -0.39 is 15.8 Å². The molecule has 1 fully saturated rings. The molecule has 7 heteroatoms. The Morgan fingerprint density at radius 2 is 2.00 bits per heavy atom. The summed E-state index contributed by atoms with van der Waals surface area (Å²) in [7, 11) is -3.60. The molecule has 1 aromatic rings. The fourth-order valence-corrected chi connectivity index (χ4v) is 3.90. The van der Waals surface area contributed by atoms with Crippen molar-refractivity contribution in [3.05, 3.63) is 28.5 Å². The lowest BCUT2D eigenvalue weighted by Gasteiger charge is -2.30. The van der Waals surface area contributed by atoms with E-state index in [9.17, 15) is 12.8 Å². The van der Waals surface area contributed by atoms with Crippen LogP contribution in [-0.2, 0) is 10.0 Å². The lowest BCUT2D eigenvalue weighted by molar-refractivity contribution is 0.278. The molecule has 0 bridgehead atoms. The number of piperidine rings is 1. The van der Waals surface area contributed by atoms with Gasteiger partial charge >= 0.3 is 0 Å². The fraction of sp³-hybridized carbons (Fsp3) is 0.500. The maximum absolute atomic E-state index is 13.4.